The van der Waals surface area contributed by atoms with E-state index < -0.39 is 5.82 Å². The maximum atomic E-state index is 14.4. The number of nitrogens with one attached hydrogen (secondary N) is 2. The van der Waals surface area contributed by atoms with Crippen LogP contribution >= 0.6 is 23.2 Å². The predicted octanol–water partition coefficient (Wildman–Crippen LogP) is 5.98. The van der Waals surface area contributed by atoms with Crippen molar-refractivity contribution in [2.45, 2.75) is 45.1 Å². The number of rotatable bonds is 5. The SMILES string of the molecule is CC(C)(C)C[C@H]1NCC(c2cccc(Cl)c2)C1c1cc(F)c(Cl)cc1NC=O. The fourth-order valence-electron chi connectivity index (χ4n) is 4.19. The lowest BCUT2D eigenvalue weighted by atomic mass is 9.75. The maximum Gasteiger partial charge on any atom is 0.211 e. The van der Waals surface area contributed by atoms with E-state index in [4.69, 9.17) is 23.2 Å². The van der Waals surface area contributed by atoms with Crippen molar-refractivity contribution < 1.29 is 9.18 Å². The minimum Gasteiger partial charge on any atom is -0.328 e. The molecule has 1 saturated heterocycles. The number of carbonyl (C=O) groups is 1. The molecule has 0 radical (unpaired) electrons. The van der Waals surface area contributed by atoms with Gasteiger partial charge < -0.3 is 10.6 Å². The summed E-state index contributed by atoms with van der Waals surface area (Å²) in [5.74, 6) is -0.426. The molecule has 1 heterocycles. The van der Waals surface area contributed by atoms with Crippen LogP contribution < -0.4 is 10.6 Å². The van der Waals surface area contributed by atoms with E-state index in [1.54, 1.807) is 0 Å². The topological polar surface area (TPSA) is 41.1 Å². The van der Waals surface area contributed by atoms with Gasteiger partial charge in [-0.2, -0.15) is 0 Å². The van der Waals surface area contributed by atoms with Gasteiger partial charge in [0.2, 0.25) is 6.41 Å². The van der Waals surface area contributed by atoms with Crippen LogP contribution in [0.15, 0.2) is 36.4 Å². The minimum atomic E-state index is -0.487. The first-order valence-corrected chi connectivity index (χ1v) is 10.1. The van der Waals surface area contributed by atoms with Crippen molar-refractivity contribution in [3.8, 4) is 0 Å². The van der Waals surface area contributed by atoms with Crippen molar-refractivity contribution in [2.24, 2.45) is 5.41 Å². The number of benzene rings is 2. The second-order valence-corrected chi connectivity index (χ2v) is 9.43. The molecule has 3 atom stereocenters. The monoisotopic (exact) mass is 422 g/mol. The van der Waals surface area contributed by atoms with Gasteiger partial charge in [-0.05, 0) is 47.2 Å². The van der Waals surface area contributed by atoms with Crippen LogP contribution in [0, 0.1) is 11.2 Å². The molecule has 3 rings (SSSR count). The molecule has 2 unspecified atom stereocenters. The van der Waals surface area contributed by atoms with Crippen LogP contribution in [-0.4, -0.2) is 19.0 Å². The van der Waals surface area contributed by atoms with E-state index in [0.29, 0.717) is 17.1 Å². The Morgan fingerprint density at radius 1 is 1.25 bits per heavy atom. The lowest BCUT2D eigenvalue weighted by Gasteiger charge is -2.31. The largest absolute Gasteiger partial charge is 0.328 e. The van der Waals surface area contributed by atoms with Gasteiger partial charge in [-0.1, -0.05) is 56.1 Å². The van der Waals surface area contributed by atoms with E-state index in [2.05, 4.69) is 31.4 Å². The smallest absolute Gasteiger partial charge is 0.211 e. The number of hydrogen-bond acceptors (Lipinski definition) is 2. The molecule has 6 heteroatoms. The van der Waals surface area contributed by atoms with Crippen LogP contribution in [0.5, 0.6) is 0 Å². The number of amides is 1. The van der Waals surface area contributed by atoms with Crippen LogP contribution in [0.3, 0.4) is 0 Å². The summed E-state index contributed by atoms with van der Waals surface area (Å²) in [4.78, 5) is 11.2. The molecule has 0 bridgehead atoms. The maximum absolute atomic E-state index is 14.4. The van der Waals surface area contributed by atoms with Gasteiger partial charge in [0.25, 0.3) is 0 Å². The zero-order valence-corrected chi connectivity index (χ0v) is 17.7. The Morgan fingerprint density at radius 3 is 2.64 bits per heavy atom. The van der Waals surface area contributed by atoms with Gasteiger partial charge in [0.15, 0.2) is 0 Å². The molecule has 0 saturated carbocycles. The van der Waals surface area contributed by atoms with Crippen molar-refractivity contribution >= 4 is 35.3 Å². The molecule has 1 aliphatic heterocycles. The quantitative estimate of drug-likeness (QED) is 0.582. The van der Waals surface area contributed by atoms with E-state index in [-0.39, 0.29) is 28.3 Å². The lowest BCUT2D eigenvalue weighted by molar-refractivity contribution is -0.105. The minimum absolute atomic E-state index is 0.00858. The van der Waals surface area contributed by atoms with Crippen LogP contribution in [-0.2, 0) is 4.79 Å². The summed E-state index contributed by atoms with van der Waals surface area (Å²) in [6.07, 6.45) is 1.50. The molecule has 1 fully saturated rings. The summed E-state index contributed by atoms with van der Waals surface area (Å²) in [6, 6.07) is 10.8. The van der Waals surface area contributed by atoms with Gasteiger partial charge in [-0.3, -0.25) is 4.79 Å². The molecule has 1 aliphatic rings. The predicted molar refractivity (Wildman–Crippen MR) is 114 cm³/mol. The molecule has 0 spiro atoms. The van der Waals surface area contributed by atoms with Crippen molar-refractivity contribution in [1.82, 2.24) is 5.32 Å². The molecule has 0 aliphatic carbocycles. The number of anilines is 1. The summed E-state index contributed by atoms with van der Waals surface area (Å²) < 4.78 is 14.4. The van der Waals surface area contributed by atoms with Crippen molar-refractivity contribution in [3.05, 3.63) is 63.4 Å². The third-order valence-electron chi connectivity index (χ3n) is 5.24. The second kappa shape index (κ2) is 8.40. The highest BCUT2D eigenvalue weighted by Crippen LogP contribution is 2.46. The zero-order chi connectivity index (χ0) is 20.5. The average Bonchev–Trinajstić information content (AvgIpc) is 2.99. The third kappa shape index (κ3) is 4.68. The zero-order valence-electron chi connectivity index (χ0n) is 16.2. The fourth-order valence-corrected chi connectivity index (χ4v) is 4.56. The van der Waals surface area contributed by atoms with Crippen LogP contribution in [0.1, 0.15) is 50.2 Å². The summed E-state index contributed by atoms with van der Waals surface area (Å²) >= 11 is 12.2. The van der Waals surface area contributed by atoms with Crippen molar-refractivity contribution in [1.29, 1.82) is 0 Å². The summed E-state index contributed by atoms with van der Waals surface area (Å²) in [5, 5.41) is 6.98. The average molecular weight is 423 g/mol. The molecule has 2 N–H and O–H groups in total. The van der Waals surface area contributed by atoms with Gasteiger partial charge in [0.05, 0.1) is 5.02 Å². The Bertz CT molecular complexity index is 866. The second-order valence-electron chi connectivity index (χ2n) is 8.58. The first-order chi connectivity index (χ1) is 13.2. The van der Waals surface area contributed by atoms with Crippen molar-refractivity contribution in [2.75, 3.05) is 11.9 Å². The third-order valence-corrected chi connectivity index (χ3v) is 5.77. The summed E-state index contributed by atoms with van der Waals surface area (Å²) in [7, 11) is 0. The first kappa shape index (κ1) is 21.1. The van der Waals surface area contributed by atoms with E-state index >= 15 is 0 Å². The van der Waals surface area contributed by atoms with E-state index in [1.807, 2.05) is 24.3 Å². The van der Waals surface area contributed by atoms with Gasteiger partial charge >= 0.3 is 0 Å². The highest BCUT2D eigenvalue weighted by Gasteiger charge is 2.40. The highest BCUT2D eigenvalue weighted by molar-refractivity contribution is 6.31. The number of hydrogen-bond donors (Lipinski definition) is 2. The summed E-state index contributed by atoms with van der Waals surface area (Å²) in [6.45, 7) is 7.30. The molecule has 2 aromatic rings. The molecule has 28 heavy (non-hydrogen) atoms. The molecular weight excluding hydrogens is 398 g/mol. The Kier molecular flexibility index (Phi) is 6.33. The van der Waals surface area contributed by atoms with Crippen LogP contribution in [0.25, 0.3) is 0 Å². The van der Waals surface area contributed by atoms with E-state index in [0.717, 1.165) is 24.1 Å². The Morgan fingerprint density at radius 2 is 2.00 bits per heavy atom. The van der Waals surface area contributed by atoms with E-state index in [9.17, 15) is 9.18 Å². The molecule has 0 aromatic heterocycles. The molecule has 3 nitrogen and oxygen atoms in total. The standard InChI is InChI=1S/C22H25Cl2FN2O/c1-22(2,3)10-20-21(15-8-18(25)17(24)9-19(15)27-12-28)16(11-26-20)13-5-4-6-14(23)7-13/h4-9,12,16,20-21,26H,10-11H2,1-3H3,(H,27,28)/t16?,20-,21?/m1/s1. The Balaban J connectivity index is 2.11. The normalized spacial score (nSPS) is 22.3. The van der Waals surface area contributed by atoms with Gasteiger partial charge in [0, 0.05) is 35.1 Å². The van der Waals surface area contributed by atoms with Crippen LogP contribution in [0.4, 0.5) is 10.1 Å². The Labute approximate surface area is 175 Å². The van der Waals surface area contributed by atoms with E-state index in [1.165, 1.54) is 12.1 Å². The van der Waals surface area contributed by atoms with Gasteiger partial charge in [-0.25, -0.2) is 4.39 Å². The molecule has 150 valence electrons. The first-order valence-electron chi connectivity index (χ1n) is 9.37. The highest BCUT2D eigenvalue weighted by atomic mass is 35.5. The molecule has 2 aromatic carbocycles. The Hall–Kier alpha value is -1.62. The lowest BCUT2D eigenvalue weighted by Crippen LogP contribution is -2.31. The summed E-state index contributed by atoms with van der Waals surface area (Å²) in [5.41, 5.74) is 2.47. The number of carbonyl (C=O) groups excluding carboxylic acids is 1. The van der Waals surface area contributed by atoms with Crippen LogP contribution in [0.2, 0.25) is 10.0 Å². The molecule has 1 amide bonds. The van der Waals surface area contributed by atoms with Gasteiger partial charge in [-0.15, -0.1) is 0 Å². The van der Waals surface area contributed by atoms with Crippen molar-refractivity contribution in [3.63, 3.8) is 0 Å². The molecular formula is C22H25Cl2FN2O. The number of halogens is 3. The fraction of sp³-hybridized carbons (Fsp3) is 0.409. The van der Waals surface area contributed by atoms with Gasteiger partial charge in [0.1, 0.15) is 5.82 Å².